The maximum absolute atomic E-state index is 5.98. The molecule has 0 fully saturated rings. The number of rotatable bonds is 8. The number of nitrogens with two attached hydrogens (primary N) is 1. The van der Waals surface area contributed by atoms with Gasteiger partial charge in [-0.3, -0.25) is 4.99 Å². The molecule has 7 heteroatoms. The molecule has 0 unspecified atom stereocenters. The number of aliphatic imine (C=N–C) groups is 1. The number of anilines is 1. The smallest absolute Gasteiger partial charge is 0.257 e. The summed E-state index contributed by atoms with van der Waals surface area (Å²) in [6.45, 7) is 6.58. The Labute approximate surface area is 171 Å². The molecular weight excluding hydrogens is 366 g/mol. The zero-order valence-corrected chi connectivity index (χ0v) is 17.1. The summed E-state index contributed by atoms with van der Waals surface area (Å²) < 4.78 is 10.9. The van der Waals surface area contributed by atoms with Gasteiger partial charge in [-0.2, -0.15) is 4.98 Å². The van der Waals surface area contributed by atoms with Crippen LogP contribution in [0, 0.1) is 0 Å². The van der Waals surface area contributed by atoms with Crippen LogP contribution in [0.3, 0.4) is 0 Å². The molecule has 0 radical (unpaired) electrons. The van der Waals surface area contributed by atoms with Crippen molar-refractivity contribution in [3.63, 3.8) is 0 Å². The summed E-state index contributed by atoms with van der Waals surface area (Å²) in [5.74, 6) is 2.47. The van der Waals surface area contributed by atoms with Gasteiger partial charge in [-0.25, -0.2) is 0 Å². The first-order valence-corrected chi connectivity index (χ1v) is 9.79. The fourth-order valence-electron chi connectivity index (χ4n) is 2.71. The van der Waals surface area contributed by atoms with E-state index >= 15 is 0 Å². The standard InChI is InChI=1S/C22H27N5O2/c1-4-20-26-21(29-27-20)17-7-5-16(6-8-17)13-14-24-22(23)25-18-9-11-19(12-10-18)28-15(2)3/h5-12,15H,4,13-14H2,1-3H3,(H3,23,24,25). The number of benzene rings is 2. The van der Waals surface area contributed by atoms with E-state index in [9.17, 15) is 0 Å². The first-order chi connectivity index (χ1) is 14.0. The Balaban J connectivity index is 1.49. The zero-order chi connectivity index (χ0) is 20.6. The van der Waals surface area contributed by atoms with Gasteiger partial charge in [0.15, 0.2) is 11.8 Å². The van der Waals surface area contributed by atoms with Gasteiger partial charge in [-0.15, -0.1) is 0 Å². The first kappa shape index (κ1) is 20.4. The Morgan fingerprint density at radius 2 is 1.86 bits per heavy atom. The summed E-state index contributed by atoms with van der Waals surface area (Å²) in [5, 5.41) is 7.01. The minimum Gasteiger partial charge on any atom is -0.491 e. The van der Waals surface area contributed by atoms with E-state index in [0.29, 0.717) is 24.2 Å². The maximum Gasteiger partial charge on any atom is 0.257 e. The van der Waals surface area contributed by atoms with Gasteiger partial charge >= 0.3 is 0 Å². The molecule has 2 aromatic carbocycles. The van der Waals surface area contributed by atoms with Crippen LogP contribution in [-0.2, 0) is 12.8 Å². The second-order valence-corrected chi connectivity index (χ2v) is 6.90. The van der Waals surface area contributed by atoms with Gasteiger partial charge in [0.1, 0.15) is 5.75 Å². The highest BCUT2D eigenvalue weighted by Gasteiger charge is 2.07. The lowest BCUT2D eigenvalue weighted by Crippen LogP contribution is -2.23. The molecule has 3 rings (SSSR count). The third-order valence-electron chi connectivity index (χ3n) is 4.17. The Morgan fingerprint density at radius 3 is 2.48 bits per heavy atom. The maximum atomic E-state index is 5.98. The molecule has 1 aromatic heterocycles. The summed E-state index contributed by atoms with van der Waals surface area (Å²) >= 11 is 0. The van der Waals surface area contributed by atoms with Crippen LogP contribution in [0.1, 0.15) is 32.2 Å². The number of nitrogens with one attached hydrogen (secondary N) is 1. The lowest BCUT2D eigenvalue weighted by molar-refractivity contribution is 0.242. The van der Waals surface area contributed by atoms with Gasteiger partial charge in [0, 0.05) is 24.2 Å². The molecule has 0 saturated heterocycles. The Kier molecular flexibility index (Phi) is 6.84. The average molecular weight is 393 g/mol. The molecule has 0 amide bonds. The summed E-state index contributed by atoms with van der Waals surface area (Å²) in [6.07, 6.45) is 1.69. The molecule has 0 aliphatic heterocycles. The van der Waals surface area contributed by atoms with Crippen LogP contribution in [-0.4, -0.2) is 28.7 Å². The van der Waals surface area contributed by atoms with Gasteiger partial charge in [0.2, 0.25) is 0 Å². The second-order valence-electron chi connectivity index (χ2n) is 6.90. The van der Waals surface area contributed by atoms with Crippen LogP contribution in [0.2, 0.25) is 0 Å². The number of hydrogen-bond donors (Lipinski definition) is 2. The molecule has 0 bridgehead atoms. The molecule has 0 spiro atoms. The minimum atomic E-state index is 0.148. The van der Waals surface area contributed by atoms with Crippen molar-refractivity contribution in [3.05, 3.63) is 59.9 Å². The van der Waals surface area contributed by atoms with Gasteiger partial charge in [0.05, 0.1) is 6.10 Å². The van der Waals surface area contributed by atoms with Crippen molar-refractivity contribution < 1.29 is 9.26 Å². The van der Waals surface area contributed by atoms with E-state index in [1.54, 1.807) is 0 Å². The molecule has 3 aromatic rings. The SMILES string of the molecule is CCc1noc(-c2ccc(CCN=C(N)Nc3ccc(OC(C)C)cc3)cc2)n1. The van der Waals surface area contributed by atoms with E-state index in [0.717, 1.165) is 35.4 Å². The van der Waals surface area contributed by atoms with E-state index in [1.807, 2.05) is 69.3 Å². The molecular formula is C22H27N5O2. The fraction of sp³-hybridized carbons (Fsp3) is 0.318. The van der Waals surface area contributed by atoms with E-state index in [1.165, 1.54) is 0 Å². The largest absolute Gasteiger partial charge is 0.491 e. The Bertz CT molecular complexity index is 931. The van der Waals surface area contributed by atoms with Gasteiger partial charge in [-0.1, -0.05) is 24.2 Å². The monoisotopic (exact) mass is 393 g/mol. The highest BCUT2D eigenvalue weighted by molar-refractivity contribution is 5.92. The zero-order valence-electron chi connectivity index (χ0n) is 17.1. The molecule has 152 valence electrons. The van der Waals surface area contributed by atoms with Crippen molar-refractivity contribution in [1.29, 1.82) is 0 Å². The molecule has 3 N–H and O–H groups in total. The van der Waals surface area contributed by atoms with E-state index in [4.69, 9.17) is 15.0 Å². The van der Waals surface area contributed by atoms with Crippen LogP contribution < -0.4 is 15.8 Å². The van der Waals surface area contributed by atoms with Crippen molar-refractivity contribution >= 4 is 11.6 Å². The highest BCUT2D eigenvalue weighted by atomic mass is 16.5. The van der Waals surface area contributed by atoms with E-state index in [-0.39, 0.29) is 6.10 Å². The molecule has 0 saturated carbocycles. The second kappa shape index (κ2) is 9.73. The molecule has 0 atom stereocenters. The van der Waals surface area contributed by atoms with Gasteiger partial charge in [0.25, 0.3) is 5.89 Å². The lowest BCUT2D eigenvalue weighted by Gasteiger charge is -2.11. The first-order valence-electron chi connectivity index (χ1n) is 9.79. The van der Waals surface area contributed by atoms with Gasteiger partial charge < -0.3 is 20.3 Å². The van der Waals surface area contributed by atoms with Crippen LogP contribution in [0.25, 0.3) is 11.5 Å². The number of ether oxygens (including phenoxy) is 1. The molecule has 7 nitrogen and oxygen atoms in total. The lowest BCUT2D eigenvalue weighted by atomic mass is 10.1. The third-order valence-corrected chi connectivity index (χ3v) is 4.17. The predicted molar refractivity (Wildman–Crippen MR) is 115 cm³/mol. The van der Waals surface area contributed by atoms with Crippen molar-refractivity contribution in [1.82, 2.24) is 10.1 Å². The number of nitrogens with zero attached hydrogens (tertiary/aromatic N) is 3. The van der Waals surface area contributed by atoms with Crippen molar-refractivity contribution in [3.8, 4) is 17.2 Å². The summed E-state index contributed by atoms with van der Waals surface area (Å²) in [4.78, 5) is 8.73. The molecule has 29 heavy (non-hydrogen) atoms. The third kappa shape index (κ3) is 6.07. The molecule has 0 aliphatic rings. The van der Waals surface area contributed by atoms with Crippen LogP contribution in [0.15, 0.2) is 58.0 Å². The quantitative estimate of drug-likeness (QED) is 0.442. The minimum absolute atomic E-state index is 0.148. The van der Waals surface area contributed by atoms with E-state index < -0.39 is 0 Å². The molecule has 1 heterocycles. The normalized spacial score (nSPS) is 11.7. The number of hydrogen-bond acceptors (Lipinski definition) is 5. The predicted octanol–water partition coefficient (Wildman–Crippen LogP) is 4.06. The highest BCUT2D eigenvalue weighted by Crippen LogP contribution is 2.18. The number of aryl methyl sites for hydroxylation is 1. The topological polar surface area (TPSA) is 98.6 Å². The number of guanidine groups is 1. The summed E-state index contributed by atoms with van der Waals surface area (Å²) in [5.41, 5.74) is 8.93. The van der Waals surface area contributed by atoms with Gasteiger partial charge in [-0.05, 0) is 62.2 Å². The Morgan fingerprint density at radius 1 is 1.14 bits per heavy atom. The average Bonchev–Trinajstić information content (AvgIpc) is 3.19. The fourth-order valence-corrected chi connectivity index (χ4v) is 2.71. The Hall–Kier alpha value is -3.35. The van der Waals surface area contributed by atoms with Crippen LogP contribution >= 0.6 is 0 Å². The van der Waals surface area contributed by atoms with Crippen molar-refractivity contribution in [2.45, 2.75) is 39.7 Å². The van der Waals surface area contributed by atoms with Crippen LogP contribution in [0.5, 0.6) is 5.75 Å². The van der Waals surface area contributed by atoms with Crippen LogP contribution in [0.4, 0.5) is 5.69 Å². The van der Waals surface area contributed by atoms with E-state index in [2.05, 4.69) is 20.4 Å². The summed E-state index contributed by atoms with van der Waals surface area (Å²) in [6, 6.07) is 15.7. The molecule has 0 aliphatic carbocycles. The summed E-state index contributed by atoms with van der Waals surface area (Å²) in [7, 11) is 0. The number of aromatic nitrogens is 2. The van der Waals surface area contributed by atoms with Crippen molar-refractivity contribution in [2.75, 3.05) is 11.9 Å². The van der Waals surface area contributed by atoms with Crippen molar-refractivity contribution in [2.24, 2.45) is 10.7 Å².